The highest BCUT2D eigenvalue weighted by molar-refractivity contribution is 8.00. The average Bonchev–Trinajstić information content (AvgIpc) is 3.46. The molecule has 0 amide bonds. The monoisotopic (exact) mass is 542 g/mol. The van der Waals surface area contributed by atoms with E-state index < -0.39 is 18.7 Å². The van der Waals surface area contributed by atoms with Gasteiger partial charge in [0.2, 0.25) is 12.6 Å². The first-order valence-corrected chi connectivity index (χ1v) is 16.5. The van der Waals surface area contributed by atoms with Gasteiger partial charge in [0.1, 0.15) is 10.9 Å². The van der Waals surface area contributed by atoms with Gasteiger partial charge in [-0.2, -0.15) is 0 Å². The highest BCUT2D eigenvalue weighted by Gasteiger charge is 2.45. The van der Waals surface area contributed by atoms with Crippen LogP contribution in [0.2, 0.25) is 0 Å². The SMILES string of the molecule is CC(C)C1CC(C)C(C)C(C2OC(OC(=O)OC3CSC(C4CC(C(C)C)CC(C)C4C)O3)CS2)C1. The number of carbonyl (C=O) groups excluding carboxylic acids is 1. The molecular formula is C29H50O5S2. The number of thioether (sulfide) groups is 2. The van der Waals surface area contributed by atoms with Gasteiger partial charge in [0, 0.05) is 0 Å². The summed E-state index contributed by atoms with van der Waals surface area (Å²) in [6, 6.07) is 0. The van der Waals surface area contributed by atoms with Gasteiger partial charge < -0.3 is 18.9 Å². The van der Waals surface area contributed by atoms with E-state index in [2.05, 4.69) is 55.4 Å². The van der Waals surface area contributed by atoms with Crippen molar-refractivity contribution in [1.82, 2.24) is 0 Å². The maximum absolute atomic E-state index is 12.6. The molecule has 2 heterocycles. The first-order valence-electron chi connectivity index (χ1n) is 14.4. The Morgan fingerprint density at radius 3 is 1.44 bits per heavy atom. The molecule has 2 aliphatic carbocycles. The Bertz CT molecular complexity index is 674. The lowest BCUT2D eigenvalue weighted by Gasteiger charge is -2.42. The van der Waals surface area contributed by atoms with Crippen LogP contribution < -0.4 is 0 Å². The molecule has 0 aromatic carbocycles. The molecule has 2 aliphatic heterocycles. The van der Waals surface area contributed by atoms with Gasteiger partial charge in [0.25, 0.3) is 0 Å². The second-order valence-corrected chi connectivity index (χ2v) is 15.2. The number of rotatable bonds is 6. The average molecular weight is 543 g/mol. The smallest absolute Gasteiger partial charge is 0.403 e. The van der Waals surface area contributed by atoms with E-state index in [0.29, 0.717) is 58.8 Å². The van der Waals surface area contributed by atoms with Gasteiger partial charge in [-0.25, -0.2) is 4.79 Å². The molecule has 7 heteroatoms. The maximum atomic E-state index is 12.6. The van der Waals surface area contributed by atoms with Crippen LogP contribution in [0, 0.1) is 59.2 Å². The Labute approximate surface area is 228 Å². The fraction of sp³-hybridized carbons (Fsp3) is 0.966. The molecule has 2 saturated carbocycles. The van der Waals surface area contributed by atoms with Gasteiger partial charge in [-0.3, -0.25) is 0 Å². The molecule has 0 N–H and O–H groups in total. The Morgan fingerprint density at radius 2 is 1.08 bits per heavy atom. The summed E-state index contributed by atoms with van der Waals surface area (Å²) in [5.41, 5.74) is 0.182. The quantitative estimate of drug-likeness (QED) is 0.316. The van der Waals surface area contributed by atoms with E-state index in [4.69, 9.17) is 18.9 Å². The number of hydrogen-bond donors (Lipinski definition) is 0. The van der Waals surface area contributed by atoms with Crippen LogP contribution in [0.1, 0.15) is 81.1 Å². The maximum Gasteiger partial charge on any atom is 0.512 e. The summed E-state index contributed by atoms with van der Waals surface area (Å²) in [5, 5.41) is 0. The van der Waals surface area contributed by atoms with Crippen LogP contribution in [-0.4, -0.2) is 41.1 Å². The molecule has 0 bridgehead atoms. The second-order valence-electron chi connectivity index (χ2n) is 13.0. The molecular weight excluding hydrogens is 492 g/mol. The minimum absolute atomic E-state index is 0.0909. The van der Waals surface area contributed by atoms with Crippen molar-refractivity contribution >= 4 is 29.7 Å². The summed E-state index contributed by atoms with van der Waals surface area (Å²) in [6.07, 6.45) is 3.26. The van der Waals surface area contributed by atoms with Crippen LogP contribution in [0.4, 0.5) is 4.79 Å². The predicted molar refractivity (Wildman–Crippen MR) is 149 cm³/mol. The lowest BCUT2D eigenvalue weighted by Crippen LogP contribution is -2.38. The Balaban J connectivity index is 1.24. The number of carbonyl (C=O) groups is 1. The fourth-order valence-corrected chi connectivity index (χ4v) is 9.58. The molecule has 12 unspecified atom stereocenters. The number of hydrogen-bond acceptors (Lipinski definition) is 7. The Kier molecular flexibility index (Phi) is 9.94. The second kappa shape index (κ2) is 12.4. The van der Waals surface area contributed by atoms with Gasteiger partial charge in [0.05, 0.1) is 11.5 Å². The summed E-state index contributed by atoms with van der Waals surface area (Å²) in [5.74, 6) is 7.83. The normalized spacial score (nSPS) is 45.8. The highest BCUT2D eigenvalue weighted by Crippen LogP contribution is 2.49. The minimum atomic E-state index is -0.664. The van der Waals surface area contributed by atoms with Gasteiger partial charge in [0.15, 0.2) is 0 Å². The lowest BCUT2D eigenvalue weighted by molar-refractivity contribution is -0.162. The molecule has 0 aromatic heterocycles. The van der Waals surface area contributed by atoms with E-state index >= 15 is 0 Å². The lowest BCUT2D eigenvalue weighted by atomic mass is 9.66. The Morgan fingerprint density at radius 1 is 0.694 bits per heavy atom. The number of ether oxygens (including phenoxy) is 4. The third-order valence-electron chi connectivity index (χ3n) is 10.0. The van der Waals surface area contributed by atoms with Crippen LogP contribution in [0.15, 0.2) is 0 Å². The summed E-state index contributed by atoms with van der Waals surface area (Å²) in [7, 11) is 0. The highest BCUT2D eigenvalue weighted by atomic mass is 32.2. The molecule has 0 spiro atoms. The third-order valence-corrected chi connectivity index (χ3v) is 12.6. The van der Waals surface area contributed by atoms with Crippen LogP contribution >= 0.6 is 23.5 Å². The molecule has 36 heavy (non-hydrogen) atoms. The van der Waals surface area contributed by atoms with E-state index in [-0.39, 0.29) is 10.9 Å². The van der Waals surface area contributed by atoms with Crippen molar-refractivity contribution in [2.24, 2.45) is 59.2 Å². The molecule has 4 fully saturated rings. The molecule has 208 valence electrons. The van der Waals surface area contributed by atoms with E-state index in [9.17, 15) is 4.79 Å². The van der Waals surface area contributed by atoms with E-state index in [1.165, 1.54) is 25.7 Å². The first kappa shape index (κ1) is 28.9. The molecule has 4 rings (SSSR count). The van der Waals surface area contributed by atoms with Crippen molar-refractivity contribution in [2.75, 3.05) is 11.5 Å². The zero-order valence-corrected chi connectivity index (χ0v) is 25.3. The molecule has 0 radical (unpaired) electrons. The summed E-state index contributed by atoms with van der Waals surface area (Å²) >= 11 is 3.59. The van der Waals surface area contributed by atoms with Crippen molar-refractivity contribution in [3.63, 3.8) is 0 Å². The first-order chi connectivity index (χ1) is 17.0. The molecule has 12 atom stereocenters. The van der Waals surface area contributed by atoms with Gasteiger partial charge >= 0.3 is 6.16 Å². The van der Waals surface area contributed by atoms with Gasteiger partial charge in [-0.15, -0.1) is 23.5 Å². The molecule has 2 saturated heterocycles. The summed E-state index contributed by atoms with van der Waals surface area (Å²) < 4.78 is 23.7. The van der Waals surface area contributed by atoms with E-state index in [1.54, 1.807) is 23.5 Å². The third kappa shape index (κ3) is 6.71. The van der Waals surface area contributed by atoms with Gasteiger partial charge in [-0.05, 0) is 84.9 Å². The van der Waals surface area contributed by atoms with Crippen LogP contribution in [0.5, 0.6) is 0 Å². The van der Waals surface area contributed by atoms with Crippen molar-refractivity contribution in [3.05, 3.63) is 0 Å². The predicted octanol–water partition coefficient (Wildman–Crippen LogP) is 7.88. The Hall–Kier alpha value is -0.110. The topological polar surface area (TPSA) is 54.0 Å². The fourth-order valence-electron chi connectivity index (χ4n) is 6.97. The molecule has 4 aliphatic rings. The molecule has 0 aromatic rings. The van der Waals surface area contributed by atoms with Crippen LogP contribution in [0.3, 0.4) is 0 Å². The van der Waals surface area contributed by atoms with Crippen molar-refractivity contribution in [2.45, 2.75) is 105 Å². The van der Waals surface area contributed by atoms with E-state index in [0.717, 1.165) is 11.8 Å². The van der Waals surface area contributed by atoms with Crippen molar-refractivity contribution in [1.29, 1.82) is 0 Å². The van der Waals surface area contributed by atoms with Crippen molar-refractivity contribution < 1.29 is 23.7 Å². The standard InChI is InChI=1S/C29H50O5S2/c1-15(2)21-9-17(5)19(7)23(11-21)27-31-25(13-35-27)33-29(30)34-26-14-36-28(32-26)24-12-22(16(3)4)10-18(6)20(24)8/h15-28H,9-14H2,1-8H3. The minimum Gasteiger partial charge on any atom is -0.403 e. The largest absolute Gasteiger partial charge is 0.512 e. The van der Waals surface area contributed by atoms with Crippen molar-refractivity contribution in [3.8, 4) is 0 Å². The zero-order valence-electron chi connectivity index (χ0n) is 23.7. The zero-order chi connectivity index (χ0) is 26.1. The van der Waals surface area contributed by atoms with Crippen LogP contribution in [-0.2, 0) is 18.9 Å². The summed E-state index contributed by atoms with van der Waals surface area (Å²) in [6.45, 7) is 18.8. The van der Waals surface area contributed by atoms with Crippen LogP contribution in [0.25, 0.3) is 0 Å². The molecule has 5 nitrogen and oxygen atoms in total. The summed E-state index contributed by atoms with van der Waals surface area (Å²) in [4.78, 5) is 12.6. The van der Waals surface area contributed by atoms with Gasteiger partial charge in [-0.1, -0.05) is 55.4 Å². The van der Waals surface area contributed by atoms with E-state index in [1.807, 2.05) is 0 Å².